The van der Waals surface area contributed by atoms with Crippen molar-refractivity contribution in [3.8, 4) is 147 Å². The van der Waals surface area contributed by atoms with Crippen molar-refractivity contribution in [3.63, 3.8) is 0 Å². The Bertz CT molecular complexity index is 8630. The van der Waals surface area contributed by atoms with Crippen LogP contribution in [0.5, 0.6) is 11.5 Å². The summed E-state index contributed by atoms with van der Waals surface area (Å²) in [7, 11) is 0. The number of nitrogens with zero attached hydrogens (tertiary/aromatic N) is 4. The Balaban J connectivity index is 0.580. The summed E-state index contributed by atoms with van der Waals surface area (Å²) in [4.78, 5) is 118. The van der Waals surface area contributed by atoms with Gasteiger partial charge in [0.25, 0.3) is 47.3 Å². The molecule has 1 atom stereocenters. The number of carbonyl (C=O) groups is 8. The molecule has 148 heavy (non-hydrogen) atoms. The standard InChI is InChI=1S/C126H73F9N4O9/c1-4-74-36-52-90(53-37-74)136-114(140)96-64-48-86(68-104(96)118(136)144)122(3,124(127,128)129)87-49-65-97-105(69-87)119(145)138(115(97)141)92-56-40-78(41-57-92)102-72-100(76-24-12-6-13-25-76)110(112(82-32-20-10-21-33-82)108(102)80-28-16-8-17-29-80)84-44-60-94(61-45-84)148-95-62-46-85(47-63-95)111-101(77-26-14-7-15-27-77)73-103(109(81-30-18-9-19-31-81)113(111)83-34-22-11-23-35-83)79-42-58-93(59-43-79)139-117(143)99-67-51-89(71-107(99)121(139)147)123(125(130,131)132,126(133,134)135)88-50-66-98-106(70-88)120(146)137(116(98)142)91-54-38-75(5-2)39-55-91/h1-2,6-73H,3H3. The summed E-state index contributed by atoms with van der Waals surface area (Å²) in [5, 5.41) is 0. The molecule has 4 aliphatic rings. The molecule has 18 aromatic carbocycles. The third-order valence-electron chi connectivity index (χ3n) is 28.0. The van der Waals surface area contributed by atoms with Gasteiger partial charge in [0.15, 0.2) is 0 Å². The molecule has 22 heteroatoms. The molecular weight excluding hydrogens is 1880 g/mol. The van der Waals surface area contributed by atoms with Crippen molar-refractivity contribution in [1.82, 2.24) is 0 Å². The number of alkyl halides is 9. The minimum Gasteiger partial charge on any atom is -0.457 e. The van der Waals surface area contributed by atoms with Crippen LogP contribution in [0.25, 0.3) is 111 Å². The van der Waals surface area contributed by atoms with Crippen molar-refractivity contribution in [3.05, 3.63) is 490 Å². The van der Waals surface area contributed by atoms with E-state index in [9.17, 15) is 38.4 Å². The average Bonchev–Trinajstić information content (AvgIpc) is 1.38. The van der Waals surface area contributed by atoms with Gasteiger partial charge in [-0.3, -0.25) is 38.4 Å². The van der Waals surface area contributed by atoms with Crippen molar-refractivity contribution in [2.45, 2.75) is 36.3 Å². The molecule has 0 spiro atoms. The molecule has 22 rings (SSSR count). The minimum absolute atomic E-state index is 0.0429. The van der Waals surface area contributed by atoms with E-state index in [2.05, 4.69) is 24.0 Å². The third-order valence-corrected chi connectivity index (χ3v) is 28.0. The molecule has 8 amide bonds. The molecule has 1 unspecified atom stereocenters. The molecule has 714 valence electrons. The molecular formula is C126H73F9N4O9. The normalized spacial score (nSPS) is 13.8. The molecule has 0 saturated heterocycles. The van der Waals surface area contributed by atoms with Crippen LogP contribution in [-0.4, -0.2) is 65.8 Å². The van der Waals surface area contributed by atoms with Gasteiger partial charge in [0.05, 0.1) is 67.3 Å². The number of halogens is 9. The molecule has 4 aliphatic heterocycles. The Morgan fingerprint density at radius 1 is 0.209 bits per heavy atom. The van der Waals surface area contributed by atoms with Crippen molar-refractivity contribution in [2.75, 3.05) is 19.6 Å². The van der Waals surface area contributed by atoms with Crippen molar-refractivity contribution in [1.29, 1.82) is 0 Å². The van der Waals surface area contributed by atoms with Gasteiger partial charge in [-0.1, -0.05) is 267 Å². The molecule has 0 aromatic heterocycles. The lowest BCUT2D eigenvalue weighted by molar-refractivity contribution is -0.288. The zero-order valence-electron chi connectivity index (χ0n) is 77.8. The Morgan fingerprint density at radius 3 is 0.669 bits per heavy atom. The van der Waals surface area contributed by atoms with Crippen LogP contribution in [0.3, 0.4) is 0 Å². The zero-order valence-corrected chi connectivity index (χ0v) is 77.8. The predicted molar refractivity (Wildman–Crippen MR) is 552 cm³/mol. The first kappa shape index (κ1) is 93.8. The van der Waals surface area contributed by atoms with E-state index < -0.39 is 116 Å². The fourth-order valence-corrected chi connectivity index (χ4v) is 20.7. The van der Waals surface area contributed by atoms with Crippen molar-refractivity contribution >= 4 is 70.0 Å². The van der Waals surface area contributed by atoms with E-state index in [-0.39, 0.29) is 50.6 Å². The number of benzene rings is 18. The van der Waals surface area contributed by atoms with E-state index in [0.29, 0.717) is 73.4 Å². The highest BCUT2D eigenvalue weighted by Crippen LogP contribution is 2.60. The van der Waals surface area contributed by atoms with Crippen LogP contribution in [0.4, 0.5) is 62.3 Å². The first-order chi connectivity index (χ1) is 71.4. The zero-order chi connectivity index (χ0) is 103. The van der Waals surface area contributed by atoms with E-state index >= 15 is 39.5 Å². The number of terminal acetylenes is 2. The smallest absolute Gasteiger partial charge is 0.411 e. The predicted octanol–water partition coefficient (Wildman–Crippen LogP) is 29.6. The van der Waals surface area contributed by atoms with Crippen LogP contribution >= 0.6 is 0 Å². The first-order valence-electron chi connectivity index (χ1n) is 46.8. The molecule has 4 heterocycles. The van der Waals surface area contributed by atoms with Gasteiger partial charge < -0.3 is 4.74 Å². The Morgan fingerprint density at radius 2 is 0.419 bits per heavy atom. The summed E-state index contributed by atoms with van der Waals surface area (Å²) in [6.07, 6.45) is -6.49. The number of anilines is 4. The average molecular weight is 1960 g/mol. The largest absolute Gasteiger partial charge is 0.457 e. The molecule has 0 N–H and O–H groups in total. The molecule has 0 radical (unpaired) electrons. The number of hydrogen-bond acceptors (Lipinski definition) is 9. The lowest BCUT2D eigenvalue weighted by Gasteiger charge is -2.38. The fraction of sp³-hybridized carbons (Fsp3) is 0.0476. The number of ether oxygens (including phenoxy) is 1. The number of hydrogen-bond donors (Lipinski definition) is 0. The van der Waals surface area contributed by atoms with E-state index in [1.165, 1.54) is 72.8 Å². The van der Waals surface area contributed by atoms with Crippen LogP contribution in [-0.2, 0) is 10.8 Å². The maximum atomic E-state index is 16.1. The lowest BCUT2D eigenvalue weighted by Crippen LogP contribution is -2.55. The van der Waals surface area contributed by atoms with Gasteiger partial charge >= 0.3 is 18.5 Å². The quantitative estimate of drug-likeness (QED) is 0.0411. The molecule has 13 nitrogen and oxygen atoms in total. The monoisotopic (exact) mass is 1960 g/mol. The Labute approximate surface area is 841 Å². The second-order valence-corrected chi connectivity index (χ2v) is 36.2. The fourth-order valence-electron chi connectivity index (χ4n) is 20.7. The minimum atomic E-state index is -6.22. The maximum Gasteiger partial charge on any atom is 0.411 e. The van der Waals surface area contributed by atoms with E-state index in [0.717, 1.165) is 148 Å². The van der Waals surface area contributed by atoms with Crippen LogP contribution < -0.4 is 24.3 Å². The van der Waals surface area contributed by atoms with Crippen LogP contribution in [0.2, 0.25) is 0 Å². The van der Waals surface area contributed by atoms with E-state index in [1.807, 2.05) is 231 Å². The van der Waals surface area contributed by atoms with Gasteiger partial charge in [-0.15, -0.1) is 12.8 Å². The number of fused-ring (bicyclic) bond motifs is 4. The summed E-state index contributed by atoms with van der Waals surface area (Å²) < 4.78 is 151. The topological polar surface area (TPSA) is 159 Å². The first-order valence-corrected chi connectivity index (χ1v) is 46.8. The van der Waals surface area contributed by atoms with Gasteiger partial charge in [-0.05, 0) is 298 Å². The van der Waals surface area contributed by atoms with Crippen LogP contribution in [0.15, 0.2) is 413 Å². The highest BCUT2D eigenvalue weighted by Gasteiger charge is 2.73. The van der Waals surface area contributed by atoms with Crippen LogP contribution in [0.1, 0.15) is 123 Å². The second-order valence-electron chi connectivity index (χ2n) is 36.2. The Hall–Kier alpha value is -19.2. The van der Waals surface area contributed by atoms with E-state index in [1.54, 1.807) is 36.4 Å². The van der Waals surface area contributed by atoms with Gasteiger partial charge in [-0.2, -0.15) is 39.5 Å². The summed E-state index contributed by atoms with van der Waals surface area (Å²) in [5.74, 6) is -1.81. The summed E-state index contributed by atoms with van der Waals surface area (Å²) >= 11 is 0. The summed E-state index contributed by atoms with van der Waals surface area (Å²) in [6, 6.07) is 113. The molecule has 0 aliphatic carbocycles. The number of carbonyl (C=O) groups excluding carboxylic acids is 8. The number of amides is 8. The van der Waals surface area contributed by atoms with Gasteiger partial charge in [0.1, 0.15) is 16.9 Å². The third kappa shape index (κ3) is 15.5. The van der Waals surface area contributed by atoms with Gasteiger partial charge in [-0.25, -0.2) is 19.6 Å². The summed E-state index contributed by atoms with van der Waals surface area (Å²) in [5.41, 5.74) is 2.19. The SMILES string of the molecule is C#Cc1ccc(N2C(=O)c3ccc(C(C)(c4ccc5c(c4)C(=O)N(c4ccc(-c6cc(-c7ccccc7)c(-c7ccc(Oc8ccc(-c9c(-c%10ccccc%10)cc(-c%10ccc(N%11C(=O)c%12ccc(C(c%13ccc%14c(c%13)C(=O)N(c%13ccc(C#C)cc%13)C%14=O)(C(F)(F)F)C(F)(F)F)cc%12C%11=O)cc%10)c(-c%10ccccc%10)c9-c9ccccc9)cc8)cc7)c(-c7ccccc7)c6-c6ccccc6)cc4)C5=O)C(F)(F)F)cc3C2=O)cc1. The summed E-state index contributed by atoms with van der Waals surface area (Å²) in [6.45, 7) is 0.923. The number of rotatable bonds is 20. The highest BCUT2D eigenvalue weighted by molar-refractivity contribution is 6.37. The van der Waals surface area contributed by atoms with Gasteiger partial charge in [0.2, 0.25) is 5.41 Å². The van der Waals surface area contributed by atoms with Crippen molar-refractivity contribution in [2.24, 2.45) is 0 Å². The molecule has 0 bridgehead atoms. The molecule has 0 fully saturated rings. The lowest BCUT2D eigenvalue weighted by atomic mass is 9.71. The second kappa shape index (κ2) is 36.3. The Kier molecular flexibility index (Phi) is 23.0. The van der Waals surface area contributed by atoms with Crippen LogP contribution in [0, 0.1) is 24.7 Å². The molecule has 18 aromatic rings. The van der Waals surface area contributed by atoms with E-state index in [4.69, 9.17) is 17.6 Å². The maximum absolute atomic E-state index is 16.1. The highest BCUT2D eigenvalue weighted by atomic mass is 19.4. The van der Waals surface area contributed by atoms with Crippen molar-refractivity contribution < 1.29 is 82.6 Å². The molecule has 0 saturated carbocycles. The number of imide groups is 4. The van der Waals surface area contributed by atoms with Gasteiger partial charge in [0, 0.05) is 11.1 Å².